The Balaban J connectivity index is 1.56. The van der Waals surface area contributed by atoms with Crippen LogP contribution in [0.15, 0.2) is 66.9 Å². The summed E-state index contributed by atoms with van der Waals surface area (Å²) in [6.07, 6.45) is 2.06. The molecule has 33 heavy (non-hydrogen) atoms. The number of rotatable bonds is 5. The van der Waals surface area contributed by atoms with Gasteiger partial charge in [-0.05, 0) is 62.6 Å². The Morgan fingerprint density at radius 3 is 2.48 bits per heavy atom. The maximum atomic E-state index is 13.6. The summed E-state index contributed by atoms with van der Waals surface area (Å²) in [5.74, 6) is -0.0545. The third-order valence-electron chi connectivity index (χ3n) is 6.51. The molecule has 0 aliphatic carbocycles. The minimum atomic E-state index is -0.260. The first-order chi connectivity index (χ1) is 15.9. The third kappa shape index (κ3) is 4.65. The highest BCUT2D eigenvalue weighted by molar-refractivity contribution is 5.93. The van der Waals surface area contributed by atoms with Crippen molar-refractivity contribution in [1.29, 1.82) is 0 Å². The Bertz CT molecular complexity index is 1140. The summed E-state index contributed by atoms with van der Waals surface area (Å²) in [5.41, 5.74) is 5.08. The molecule has 0 radical (unpaired) electrons. The highest BCUT2D eigenvalue weighted by Crippen LogP contribution is 2.32. The molecule has 2 heterocycles. The lowest BCUT2D eigenvalue weighted by atomic mass is 10.00. The summed E-state index contributed by atoms with van der Waals surface area (Å²) in [6.45, 7) is 9.25. The van der Waals surface area contributed by atoms with Gasteiger partial charge in [0.25, 0.3) is 0 Å². The zero-order chi connectivity index (χ0) is 23.5. The van der Waals surface area contributed by atoms with E-state index in [9.17, 15) is 9.59 Å². The van der Waals surface area contributed by atoms with Crippen molar-refractivity contribution in [2.75, 3.05) is 18.4 Å². The molecular weight excluding hydrogens is 412 g/mol. The Hall–Kier alpha value is -3.54. The van der Waals surface area contributed by atoms with E-state index in [1.807, 2.05) is 75.1 Å². The molecule has 4 rings (SSSR count). The number of benzene rings is 2. The SMILES string of the molecule is Cc1cccc(NC(=O)N(CC(=O)N2CCn3cccc3C2c2ccccc2)C(C)C)c1C. The minimum Gasteiger partial charge on any atom is -0.348 e. The van der Waals surface area contributed by atoms with Crippen molar-refractivity contribution in [3.8, 4) is 0 Å². The van der Waals surface area contributed by atoms with E-state index in [0.29, 0.717) is 6.54 Å². The molecule has 6 heteroatoms. The quantitative estimate of drug-likeness (QED) is 0.603. The van der Waals surface area contributed by atoms with Crippen molar-refractivity contribution in [1.82, 2.24) is 14.4 Å². The third-order valence-corrected chi connectivity index (χ3v) is 6.51. The van der Waals surface area contributed by atoms with Crippen molar-refractivity contribution in [2.45, 2.75) is 46.3 Å². The first-order valence-corrected chi connectivity index (χ1v) is 11.5. The van der Waals surface area contributed by atoms with Gasteiger partial charge >= 0.3 is 6.03 Å². The summed E-state index contributed by atoms with van der Waals surface area (Å²) in [6, 6.07) is 19.5. The van der Waals surface area contributed by atoms with Crippen LogP contribution in [0.25, 0.3) is 0 Å². The number of nitrogens with one attached hydrogen (secondary N) is 1. The van der Waals surface area contributed by atoms with E-state index in [1.165, 1.54) is 0 Å². The van der Waals surface area contributed by atoms with Gasteiger partial charge in [-0.15, -0.1) is 0 Å². The molecule has 3 amide bonds. The molecule has 6 nitrogen and oxygen atoms in total. The number of urea groups is 1. The molecule has 1 aliphatic heterocycles. The van der Waals surface area contributed by atoms with E-state index in [4.69, 9.17) is 0 Å². The molecule has 1 N–H and O–H groups in total. The molecule has 3 aromatic rings. The number of fused-ring (bicyclic) bond motifs is 1. The van der Waals surface area contributed by atoms with Gasteiger partial charge in [0.15, 0.2) is 0 Å². The normalized spacial score (nSPS) is 15.3. The van der Waals surface area contributed by atoms with Crippen LogP contribution < -0.4 is 5.32 Å². The molecule has 172 valence electrons. The van der Waals surface area contributed by atoms with Crippen molar-refractivity contribution in [3.05, 3.63) is 89.2 Å². The van der Waals surface area contributed by atoms with E-state index in [2.05, 4.69) is 34.3 Å². The molecule has 0 fully saturated rings. The van der Waals surface area contributed by atoms with Gasteiger partial charge in [-0.1, -0.05) is 42.5 Å². The fraction of sp³-hybridized carbons (Fsp3) is 0.333. The fourth-order valence-electron chi connectivity index (χ4n) is 4.44. The Morgan fingerprint density at radius 1 is 1.00 bits per heavy atom. The highest BCUT2D eigenvalue weighted by Gasteiger charge is 2.33. The molecule has 0 saturated heterocycles. The number of aryl methyl sites for hydroxylation is 1. The van der Waals surface area contributed by atoms with Crippen LogP contribution in [0, 0.1) is 13.8 Å². The maximum Gasteiger partial charge on any atom is 0.322 e. The maximum absolute atomic E-state index is 13.6. The van der Waals surface area contributed by atoms with Gasteiger partial charge in [0.1, 0.15) is 6.54 Å². The van der Waals surface area contributed by atoms with E-state index < -0.39 is 0 Å². The van der Waals surface area contributed by atoms with Crippen LogP contribution in [0.2, 0.25) is 0 Å². The number of nitrogens with zero attached hydrogens (tertiary/aromatic N) is 3. The van der Waals surface area contributed by atoms with Crippen LogP contribution in [-0.4, -0.2) is 45.4 Å². The summed E-state index contributed by atoms with van der Waals surface area (Å²) in [5, 5.41) is 3.01. The molecule has 1 aliphatic rings. The number of aromatic nitrogens is 1. The average molecular weight is 445 g/mol. The van der Waals surface area contributed by atoms with Crippen LogP contribution in [0.4, 0.5) is 10.5 Å². The molecular formula is C27H32N4O2. The van der Waals surface area contributed by atoms with Gasteiger partial charge in [-0.25, -0.2) is 4.79 Å². The standard InChI is InChI=1S/C27H32N4O2/c1-19(2)31(27(33)28-23-13-8-10-20(3)21(23)4)18-25(32)30-17-16-29-15-9-14-24(29)26(30)22-11-6-5-7-12-22/h5-15,19,26H,16-18H2,1-4H3,(H,28,33). The first-order valence-electron chi connectivity index (χ1n) is 11.5. The van der Waals surface area contributed by atoms with Crippen molar-refractivity contribution in [2.24, 2.45) is 0 Å². The first kappa shape index (κ1) is 22.6. The number of amides is 3. The fourth-order valence-corrected chi connectivity index (χ4v) is 4.44. The molecule has 1 unspecified atom stereocenters. The number of carbonyl (C=O) groups is 2. The lowest BCUT2D eigenvalue weighted by Crippen LogP contribution is -2.50. The van der Waals surface area contributed by atoms with Crippen LogP contribution in [-0.2, 0) is 11.3 Å². The second-order valence-corrected chi connectivity index (χ2v) is 8.93. The number of anilines is 1. The van der Waals surface area contributed by atoms with Crippen LogP contribution in [0.1, 0.15) is 42.3 Å². The van der Waals surface area contributed by atoms with Crippen LogP contribution >= 0.6 is 0 Å². The Kier molecular flexibility index (Phi) is 6.54. The topological polar surface area (TPSA) is 57.6 Å². The highest BCUT2D eigenvalue weighted by atomic mass is 16.2. The summed E-state index contributed by atoms with van der Waals surface area (Å²) in [7, 11) is 0. The Morgan fingerprint density at radius 2 is 1.76 bits per heavy atom. The van der Waals surface area contributed by atoms with Gasteiger partial charge in [0, 0.05) is 36.7 Å². The number of carbonyl (C=O) groups excluding carboxylic acids is 2. The summed E-state index contributed by atoms with van der Waals surface area (Å²) < 4.78 is 2.20. The predicted molar refractivity (Wildman–Crippen MR) is 131 cm³/mol. The molecule has 0 spiro atoms. The predicted octanol–water partition coefficient (Wildman–Crippen LogP) is 4.98. The monoisotopic (exact) mass is 444 g/mol. The molecule has 0 saturated carbocycles. The van der Waals surface area contributed by atoms with Gasteiger partial charge in [0.2, 0.25) is 5.91 Å². The minimum absolute atomic E-state index is 0.0262. The van der Waals surface area contributed by atoms with Crippen molar-refractivity contribution < 1.29 is 9.59 Å². The van der Waals surface area contributed by atoms with E-state index in [0.717, 1.165) is 34.6 Å². The van der Waals surface area contributed by atoms with Gasteiger partial charge in [-0.3, -0.25) is 4.79 Å². The second kappa shape index (κ2) is 9.53. The number of hydrogen-bond acceptors (Lipinski definition) is 2. The molecule has 2 aromatic carbocycles. The summed E-state index contributed by atoms with van der Waals surface area (Å²) >= 11 is 0. The van der Waals surface area contributed by atoms with Gasteiger partial charge in [-0.2, -0.15) is 0 Å². The van der Waals surface area contributed by atoms with Gasteiger partial charge < -0.3 is 19.7 Å². The van der Waals surface area contributed by atoms with Crippen LogP contribution in [0.5, 0.6) is 0 Å². The smallest absolute Gasteiger partial charge is 0.322 e. The van der Waals surface area contributed by atoms with Crippen molar-refractivity contribution >= 4 is 17.6 Å². The van der Waals surface area contributed by atoms with Gasteiger partial charge in [0.05, 0.1) is 6.04 Å². The van der Waals surface area contributed by atoms with E-state index >= 15 is 0 Å². The molecule has 1 atom stereocenters. The molecule has 0 bridgehead atoms. The van der Waals surface area contributed by atoms with Crippen LogP contribution in [0.3, 0.4) is 0 Å². The van der Waals surface area contributed by atoms with E-state index in [1.54, 1.807) is 4.90 Å². The Labute approximate surface area is 195 Å². The zero-order valence-corrected chi connectivity index (χ0v) is 19.8. The number of hydrogen-bond donors (Lipinski definition) is 1. The zero-order valence-electron chi connectivity index (χ0n) is 19.8. The average Bonchev–Trinajstić information content (AvgIpc) is 3.29. The second-order valence-electron chi connectivity index (χ2n) is 8.93. The summed E-state index contributed by atoms with van der Waals surface area (Å²) in [4.78, 5) is 30.3. The van der Waals surface area contributed by atoms with E-state index in [-0.39, 0.29) is 30.6 Å². The lowest BCUT2D eigenvalue weighted by Gasteiger charge is -2.39. The molecule has 1 aromatic heterocycles. The van der Waals surface area contributed by atoms with Crippen molar-refractivity contribution in [3.63, 3.8) is 0 Å². The largest absolute Gasteiger partial charge is 0.348 e. The lowest BCUT2D eigenvalue weighted by molar-refractivity contribution is -0.134.